The third kappa shape index (κ3) is 5.19. The van der Waals surface area contributed by atoms with Crippen LogP contribution in [0.15, 0.2) is 24.3 Å². The zero-order chi connectivity index (χ0) is 15.1. The van der Waals surface area contributed by atoms with Crippen LogP contribution in [0.1, 0.15) is 24.5 Å². The number of halogens is 1. The van der Waals surface area contributed by atoms with Crippen LogP contribution < -0.4 is 10.6 Å². The quantitative estimate of drug-likeness (QED) is 0.848. The molecule has 1 saturated heterocycles. The van der Waals surface area contributed by atoms with Gasteiger partial charge in [0.2, 0.25) is 0 Å². The van der Waals surface area contributed by atoms with Crippen LogP contribution in [-0.2, 0) is 9.47 Å². The van der Waals surface area contributed by atoms with Crippen molar-refractivity contribution in [3.8, 4) is 0 Å². The van der Waals surface area contributed by atoms with Gasteiger partial charge in [0.15, 0.2) is 0 Å². The molecular formula is C15H21ClN2O3. The second kappa shape index (κ2) is 8.22. The Hall–Kier alpha value is -1.30. The first-order chi connectivity index (χ1) is 10.2. The number of benzene rings is 1. The Bertz CT molecular complexity index is 447. The van der Waals surface area contributed by atoms with Crippen LogP contribution in [0, 0.1) is 0 Å². The standard InChI is InChI=1S/C15H21ClN2O3/c1-20-14(11-4-6-12(16)7-5-11)10-18-15(19)17-9-13-3-2-8-21-13/h4-7,13-14H,2-3,8-10H2,1H3,(H2,17,18,19)/t13-,14+/m1/s1. The summed E-state index contributed by atoms with van der Waals surface area (Å²) in [6, 6.07) is 7.19. The van der Waals surface area contributed by atoms with E-state index in [4.69, 9.17) is 21.1 Å². The molecule has 0 spiro atoms. The predicted octanol–water partition coefficient (Wildman–Crippen LogP) is 2.51. The van der Waals surface area contributed by atoms with Crippen LogP contribution in [-0.4, -0.2) is 38.9 Å². The van der Waals surface area contributed by atoms with Gasteiger partial charge in [-0.15, -0.1) is 0 Å². The minimum atomic E-state index is -0.207. The average molecular weight is 313 g/mol. The van der Waals surface area contributed by atoms with Gasteiger partial charge < -0.3 is 20.1 Å². The fourth-order valence-electron chi connectivity index (χ4n) is 2.27. The van der Waals surface area contributed by atoms with E-state index in [2.05, 4.69) is 10.6 Å². The number of urea groups is 1. The van der Waals surface area contributed by atoms with Crippen LogP contribution in [0.4, 0.5) is 4.79 Å². The Morgan fingerprint density at radius 3 is 2.81 bits per heavy atom. The van der Waals surface area contributed by atoms with Crippen LogP contribution in [0.3, 0.4) is 0 Å². The van der Waals surface area contributed by atoms with Gasteiger partial charge in [0.05, 0.1) is 12.2 Å². The molecule has 1 aliphatic rings. The van der Waals surface area contributed by atoms with Crippen LogP contribution >= 0.6 is 11.6 Å². The van der Waals surface area contributed by atoms with Crippen molar-refractivity contribution in [3.05, 3.63) is 34.9 Å². The summed E-state index contributed by atoms with van der Waals surface area (Å²) in [7, 11) is 1.62. The van der Waals surface area contributed by atoms with Gasteiger partial charge in [-0.25, -0.2) is 4.79 Å². The summed E-state index contributed by atoms with van der Waals surface area (Å²) in [5.41, 5.74) is 0.973. The fraction of sp³-hybridized carbons (Fsp3) is 0.533. The minimum Gasteiger partial charge on any atom is -0.376 e. The zero-order valence-corrected chi connectivity index (χ0v) is 12.9. The Balaban J connectivity index is 1.74. The van der Waals surface area contributed by atoms with Crippen molar-refractivity contribution in [2.75, 3.05) is 26.8 Å². The Labute approximate surface area is 130 Å². The lowest BCUT2D eigenvalue weighted by atomic mass is 10.1. The number of methoxy groups -OCH3 is 1. The average Bonchev–Trinajstić information content (AvgIpc) is 3.01. The van der Waals surface area contributed by atoms with Gasteiger partial charge in [-0.3, -0.25) is 0 Å². The molecule has 0 aliphatic carbocycles. The molecule has 2 amide bonds. The molecule has 1 fully saturated rings. The maximum Gasteiger partial charge on any atom is 0.314 e. The highest BCUT2D eigenvalue weighted by Crippen LogP contribution is 2.18. The van der Waals surface area contributed by atoms with Gasteiger partial charge >= 0.3 is 6.03 Å². The Kier molecular flexibility index (Phi) is 6.29. The number of carbonyl (C=O) groups is 1. The van der Waals surface area contributed by atoms with Crippen molar-refractivity contribution in [2.24, 2.45) is 0 Å². The minimum absolute atomic E-state index is 0.144. The smallest absolute Gasteiger partial charge is 0.314 e. The Morgan fingerprint density at radius 1 is 1.43 bits per heavy atom. The second-order valence-electron chi connectivity index (χ2n) is 5.00. The zero-order valence-electron chi connectivity index (χ0n) is 12.1. The maximum absolute atomic E-state index is 11.8. The van der Waals surface area contributed by atoms with Crippen LogP contribution in [0.2, 0.25) is 5.02 Å². The summed E-state index contributed by atoms with van der Waals surface area (Å²) in [5, 5.41) is 6.30. The Morgan fingerprint density at radius 2 is 2.19 bits per heavy atom. The first-order valence-electron chi connectivity index (χ1n) is 7.10. The lowest BCUT2D eigenvalue weighted by molar-refractivity contribution is 0.101. The number of ether oxygens (including phenoxy) is 2. The molecule has 0 radical (unpaired) electrons. The van der Waals surface area contributed by atoms with E-state index >= 15 is 0 Å². The molecule has 0 unspecified atom stereocenters. The molecule has 1 aromatic rings. The number of rotatable bonds is 6. The van der Waals surface area contributed by atoms with E-state index in [1.165, 1.54) is 0 Å². The van der Waals surface area contributed by atoms with Crippen molar-refractivity contribution in [1.82, 2.24) is 10.6 Å². The summed E-state index contributed by atoms with van der Waals surface area (Å²) in [5.74, 6) is 0. The van der Waals surface area contributed by atoms with Crippen molar-refractivity contribution >= 4 is 17.6 Å². The van der Waals surface area contributed by atoms with Crippen LogP contribution in [0.5, 0.6) is 0 Å². The molecule has 0 aromatic heterocycles. The summed E-state index contributed by atoms with van der Waals surface area (Å²) >= 11 is 5.86. The van der Waals surface area contributed by atoms with Crippen LogP contribution in [0.25, 0.3) is 0 Å². The van der Waals surface area contributed by atoms with Gasteiger partial charge in [0, 0.05) is 31.8 Å². The van der Waals surface area contributed by atoms with E-state index in [1.807, 2.05) is 12.1 Å². The van der Waals surface area contributed by atoms with Gasteiger partial charge in [-0.1, -0.05) is 23.7 Å². The monoisotopic (exact) mass is 312 g/mol. The summed E-state index contributed by atoms with van der Waals surface area (Å²) < 4.78 is 10.8. The number of hydrogen-bond donors (Lipinski definition) is 2. The van der Waals surface area contributed by atoms with Crippen molar-refractivity contribution in [2.45, 2.75) is 25.0 Å². The van der Waals surface area contributed by atoms with E-state index in [0.717, 1.165) is 25.0 Å². The molecule has 6 heteroatoms. The first kappa shape index (κ1) is 16.1. The first-order valence-corrected chi connectivity index (χ1v) is 7.48. The lowest BCUT2D eigenvalue weighted by Crippen LogP contribution is -2.41. The van der Waals surface area contributed by atoms with E-state index in [-0.39, 0.29) is 18.2 Å². The summed E-state index contributed by atoms with van der Waals surface area (Å²) in [6.45, 7) is 1.73. The topological polar surface area (TPSA) is 59.6 Å². The molecule has 1 aromatic carbocycles. The van der Waals surface area contributed by atoms with Crippen molar-refractivity contribution < 1.29 is 14.3 Å². The van der Waals surface area contributed by atoms with E-state index < -0.39 is 0 Å². The molecular weight excluding hydrogens is 292 g/mol. The molecule has 2 N–H and O–H groups in total. The fourth-order valence-corrected chi connectivity index (χ4v) is 2.40. The molecule has 116 valence electrons. The molecule has 1 aliphatic heterocycles. The van der Waals surface area contributed by atoms with E-state index in [0.29, 0.717) is 18.1 Å². The molecule has 1 heterocycles. The molecule has 5 nitrogen and oxygen atoms in total. The molecule has 0 bridgehead atoms. The molecule has 0 saturated carbocycles. The molecule has 21 heavy (non-hydrogen) atoms. The van der Waals surface area contributed by atoms with Gasteiger partial charge in [0.25, 0.3) is 0 Å². The largest absolute Gasteiger partial charge is 0.376 e. The van der Waals surface area contributed by atoms with Gasteiger partial charge in [-0.2, -0.15) is 0 Å². The SMILES string of the molecule is CO[C@@H](CNC(=O)NC[C@H]1CCCO1)c1ccc(Cl)cc1. The summed E-state index contributed by atoms with van der Waals surface area (Å²) in [6.07, 6.45) is 2.02. The van der Waals surface area contributed by atoms with E-state index in [1.54, 1.807) is 19.2 Å². The number of carbonyl (C=O) groups excluding carboxylic acids is 1. The number of amides is 2. The van der Waals surface area contributed by atoms with Crippen molar-refractivity contribution in [3.63, 3.8) is 0 Å². The van der Waals surface area contributed by atoms with Gasteiger partial charge in [0.1, 0.15) is 0 Å². The highest BCUT2D eigenvalue weighted by molar-refractivity contribution is 6.30. The number of hydrogen-bond acceptors (Lipinski definition) is 3. The van der Waals surface area contributed by atoms with Gasteiger partial charge in [-0.05, 0) is 30.5 Å². The lowest BCUT2D eigenvalue weighted by Gasteiger charge is -2.17. The highest BCUT2D eigenvalue weighted by atomic mass is 35.5. The second-order valence-corrected chi connectivity index (χ2v) is 5.44. The van der Waals surface area contributed by atoms with E-state index in [9.17, 15) is 4.79 Å². The summed E-state index contributed by atoms with van der Waals surface area (Å²) in [4.78, 5) is 11.8. The van der Waals surface area contributed by atoms with Crippen molar-refractivity contribution in [1.29, 1.82) is 0 Å². The highest BCUT2D eigenvalue weighted by Gasteiger charge is 2.17. The maximum atomic E-state index is 11.8. The molecule has 2 rings (SSSR count). The predicted molar refractivity (Wildman–Crippen MR) is 81.6 cm³/mol. The third-order valence-electron chi connectivity index (χ3n) is 3.49. The normalized spacial score (nSPS) is 19.2. The molecule has 2 atom stereocenters. The number of nitrogens with one attached hydrogen (secondary N) is 2. The third-order valence-corrected chi connectivity index (χ3v) is 3.74.